The average molecular weight is 443 g/mol. The van der Waals surface area contributed by atoms with E-state index in [1.807, 2.05) is 85.8 Å². The molecule has 1 aliphatic rings. The van der Waals surface area contributed by atoms with E-state index in [0.717, 1.165) is 41.8 Å². The molecular formula is C28H30N2O3. The van der Waals surface area contributed by atoms with E-state index in [9.17, 15) is 9.59 Å². The Kier molecular flexibility index (Phi) is 7.53. The summed E-state index contributed by atoms with van der Waals surface area (Å²) < 4.78 is 5.56. The van der Waals surface area contributed by atoms with Gasteiger partial charge in [0.1, 0.15) is 0 Å². The smallest absolute Gasteiger partial charge is 0.258 e. The van der Waals surface area contributed by atoms with Crippen LogP contribution in [-0.4, -0.2) is 31.1 Å². The largest absolute Gasteiger partial charge is 0.376 e. The molecule has 0 saturated carbocycles. The van der Waals surface area contributed by atoms with Crippen molar-refractivity contribution in [2.75, 3.05) is 18.1 Å². The van der Waals surface area contributed by atoms with Crippen LogP contribution in [0.25, 0.3) is 0 Å². The summed E-state index contributed by atoms with van der Waals surface area (Å²) in [5.41, 5.74) is 4.39. The molecule has 1 N–H and O–H groups in total. The fourth-order valence-corrected chi connectivity index (χ4v) is 4.08. The number of carbonyl (C=O) groups excluding carboxylic acids is 2. The van der Waals surface area contributed by atoms with Gasteiger partial charge in [0, 0.05) is 24.4 Å². The molecule has 170 valence electrons. The number of hydrogen-bond donors (Lipinski definition) is 1. The van der Waals surface area contributed by atoms with Gasteiger partial charge in [-0.2, -0.15) is 0 Å². The maximum Gasteiger partial charge on any atom is 0.258 e. The first-order valence-electron chi connectivity index (χ1n) is 11.5. The van der Waals surface area contributed by atoms with Crippen molar-refractivity contribution >= 4 is 17.5 Å². The van der Waals surface area contributed by atoms with E-state index in [1.165, 1.54) is 0 Å². The van der Waals surface area contributed by atoms with Crippen molar-refractivity contribution in [3.05, 3.63) is 101 Å². The number of amides is 2. The molecule has 5 heteroatoms. The monoisotopic (exact) mass is 442 g/mol. The van der Waals surface area contributed by atoms with Gasteiger partial charge in [0.15, 0.2) is 0 Å². The van der Waals surface area contributed by atoms with Crippen LogP contribution in [0.5, 0.6) is 0 Å². The van der Waals surface area contributed by atoms with E-state index >= 15 is 0 Å². The zero-order chi connectivity index (χ0) is 23.0. The van der Waals surface area contributed by atoms with E-state index in [2.05, 4.69) is 5.32 Å². The Labute approximate surface area is 195 Å². The number of hydrogen-bond acceptors (Lipinski definition) is 3. The summed E-state index contributed by atoms with van der Waals surface area (Å²) in [4.78, 5) is 27.6. The maximum absolute atomic E-state index is 13.5. The summed E-state index contributed by atoms with van der Waals surface area (Å²) >= 11 is 0. The van der Waals surface area contributed by atoms with Gasteiger partial charge in [0.05, 0.1) is 19.1 Å². The molecule has 33 heavy (non-hydrogen) atoms. The van der Waals surface area contributed by atoms with Gasteiger partial charge in [0.2, 0.25) is 5.91 Å². The highest BCUT2D eigenvalue weighted by molar-refractivity contribution is 6.07. The first kappa shape index (κ1) is 22.7. The third kappa shape index (κ3) is 6.08. The minimum absolute atomic E-state index is 0.0182. The van der Waals surface area contributed by atoms with Crippen molar-refractivity contribution in [3.63, 3.8) is 0 Å². The summed E-state index contributed by atoms with van der Waals surface area (Å²) in [7, 11) is 0. The Morgan fingerprint density at radius 3 is 2.36 bits per heavy atom. The number of ether oxygens (including phenoxy) is 1. The molecule has 0 bridgehead atoms. The fraction of sp³-hybridized carbons (Fsp3) is 0.286. The quantitative estimate of drug-likeness (QED) is 0.551. The normalized spacial score (nSPS) is 15.2. The number of rotatable bonds is 8. The van der Waals surface area contributed by atoms with Crippen molar-refractivity contribution in [1.29, 1.82) is 0 Å². The van der Waals surface area contributed by atoms with Crippen LogP contribution in [-0.2, 0) is 22.5 Å². The van der Waals surface area contributed by atoms with Gasteiger partial charge in [-0.3, -0.25) is 9.59 Å². The Morgan fingerprint density at radius 2 is 1.67 bits per heavy atom. The molecule has 1 saturated heterocycles. The highest BCUT2D eigenvalue weighted by atomic mass is 16.5. The number of benzene rings is 3. The molecule has 0 aromatic heterocycles. The van der Waals surface area contributed by atoms with Gasteiger partial charge in [-0.1, -0.05) is 60.7 Å². The van der Waals surface area contributed by atoms with Crippen LogP contribution in [0.1, 0.15) is 39.9 Å². The van der Waals surface area contributed by atoms with Crippen molar-refractivity contribution in [2.45, 2.75) is 38.8 Å². The maximum atomic E-state index is 13.5. The molecule has 3 aromatic rings. The highest BCUT2D eigenvalue weighted by Crippen LogP contribution is 2.23. The SMILES string of the molecule is Cc1ccccc1C(=O)N(Cc1ccccc1)c1ccc(CC(=O)NC[C@@H]2CCCO2)cc1. The molecular weight excluding hydrogens is 412 g/mol. The minimum Gasteiger partial charge on any atom is -0.376 e. The Morgan fingerprint density at radius 1 is 0.939 bits per heavy atom. The molecule has 1 aliphatic heterocycles. The molecule has 1 atom stereocenters. The molecule has 1 heterocycles. The Bertz CT molecular complexity index is 1070. The van der Waals surface area contributed by atoms with Crippen molar-refractivity contribution < 1.29 is 14.3 Å². The number of aryl methyl sites for hydroxylation is 1. The summed E-state index contributed by atoms with van der Waals surface area (Å²) in [6.45, 7) is 3.76. The van der Waals surface area contributed by atoms with Gasteiger partial charge >= 0.3 is 0 Å². The van der Waals surface area contributed by atoms with Crippen molar-refractivity contribution in [3.8, 4) is 0 Å². The number of carbonyl (C=O) groups is 2. The number of nitrogens with zero attached hydrogens (tertiary/aromatic N) is 1. The molecule has 3 aromatic carbocycles. The molecule has 0 unspecified atom stereocenters. The second kappa shape index (κ2) is 10.9. The Hall–Kier alpha value is -3.44. The summed E-state index contributed by atoms with van der Waals surface area (Å²) in [6, 6.07) is 25.3. The lowest BCUT2D eigenvalue weighted by Gasteiger charge is -2.24. The van der Waals surface area contributed by atoms with Gasteiger partial charge in [-0.05, 0) is 54.7 Å². The zero-order valence-corrected chi connectivity index (χ0v) is 19.0. The molecule has 0 spiro atoms. The molecule has 2 amide bonds. The molecule has 5 nitrogen and oxygen atoms in total. The van der Waals surface area contributed by atoms with Crippen LogP contribution < -0.4 is 10.2 Å². The van der Waals surface area contributed by atoms with E-state index in [4.69, 9.17) is 4.74 Å². The van der Waals surface area contributed by atoms with E-state index < -0.39 is 0 Å². The predicted molar refractivity (Wildman–Crippen MR) is 130 cm³/mol. The summed E-state index contributed by atoms with van der Waals surface area (Å²) in [5, 5.41) is 2.96. The van der Waals surface area contributed by atoms with E-state index in [-0.39, 0.29) is 17.9 Å². The van der Waals surface area contributed by atoms with Crippen LogP contribution in [0.15, 0.2) is 78.9 Å². The zero-order valence-electron chi connectivity index (χ0n) is 19.0. The standard InChI is InChI=1S/C28H30N2O3/c1-21-8-5-6-12-26(21)28(32)30(20-23-9-3-2-4-10-23)24-15-13-22(14-16-24)18-27(31)29-19-25-11-7-17-33-25/h2-6,8-10,12-16,25H,7,11,17-20H2,1H3,(H,29,31)/t25-/m0/s1. The lowest BCUT2D eigenvalue weighted by Crippen LogP contribution is -2.33. The average Bonchev–Trinajstić information content (AvgIpc) is 3.36. The van der Waals surface area contributed by atoms with Gasteiger partial charge in [-0.25, -0.2) is 0 Å². The second-order valence-corrected chi connectivity index (χ2v) is 8.47. The van der Waals surface area contributed by atoms with Crippen LogP contribution in [0.4, 0.5) is 5.69 Å². The first-order valence-corrected chi connectivity index (χ1v) is 11.5. The van der Waals surface area contributed by atoms with Crippen molar-refractivity contribution in [1.82, 2.24) is 5.32 Å². The third-order valence-electron chi connectivity index (χ3n) is 5.97. The lowest BCUT2D eigenvalue weighted by atomic mass is 10.1. The fourth-order valence-electron chi connectivity index (χ4n) is 4.08. The molecule has 1 fully saturated rings. The topological polar surface area (TPSA) is 58.6 Å². The highest BCUT2D eigenvalue weighted by Gasteiger charge is 2.20. The lowest BCUT2D eigenvalue weighted by molar-refractivity contribution is -0.120. The summed E-state index contributed by atoms with van der Waals surface area (Å²) in [5.74, 6) is -0.0608. The van der Waals surface area contributed by atoms with Gasteiger partial charge < -0.3 is 15.0 Å². The van der Waals surface area contributed by atoms with Crippen LogP contribution in [0.3, 0.4) is 0 Å². The van der Waals surface area contributed by atoms with E-state index in [1.54, 1.807) is 4.90 Å². The van der Waals surface area contributed by atoms with Crippen molar-refractivity contribution in [2.24, 2.45) is 0 Å². The first-order chi connectivity index (χ1) is 16.1. The Balaban J connectivity index is 1.48. The molecule has 0 radical (unpaired) electrons. The summed E-state index contributed by atoms with van der Waals surface area (Å²) in [6.07, 6.45) is 2.50. The van der Waals surface area contributed by atoms with Crippen LogP contribution >= 0.6 is 0 Å². The minimum atomic E-state index is -0.0426. The van der Waals surface area contributed by atoms with E-state index in [0.29, 0.717) is 25.1 Å². The molecule has 0 aliphatic carbocycles. The third-order valence-corrected chi connectivity index (χ3v) is 5.97. The van der Waals surface area contributed by atoms with Gasteiger partial charge in [0.25, 0.3) is 5.91 Å². The number of anilines is 1. The predicted octanol–water partition coefficient (Wildman–Crippen LogP) is 4.68. The van der Waals surface area contributed by atoms with Gasteiger partial charge in [-0.15, -0.1) is 0 Å². The van der Waals surface area contributed by atoms with Crippen LogP contribution in [0.2, 0.25) is 0 Å². The number of nitrogens with one attached hydrogen (secondary N) is 1. The molecule has 4 rings (SSSR count). The second-order valence-electron chi connectivity index (χ2n) is 8.47. The van der Waals surface area contributed by atoms with Crippen LogP contribution in [0, 0.1) is 6.92 Å².